The largest absolute Gasteiger partial charge is 0.354 e. The molecule has 1 aromatic rings. The zero-order valence-corrected chi connectivity index (χ0v) is 12.2. The van der Waals surface area contributed by atoms with E-state index in [9.17, 15) is 0 Å². The fourth-order valence-corrected chi connectivity index (χ4v) is 2.09. The van der Waals surface area contributed by atoms with Crippen LogP contribution in [0.25, 0.3) is 0 Å². The number of pyridine rings is 1. The Bertz CT molecular complexity index is 349. The van der Waals surface area contributed by atoms with E-state index in [1.165, 1.54) is 12.8 Å². The van der Waals surface area contributed by atoms with Gasteiger partial charge >= 0.3 is 0 Å². The highest BCUT2D eigenvalue weighted by Crippen LogP contribution is 2.25. The van der Waals surface area contributed by atoms with Gasteiger partial charge in [0, 0.05) is 30.4 Å². The smallest absolute Gasteiger partial charge is 0.133 e. The Hall–Kier alpha value is -1.09. The monoisotopic (exact) mass is 249 g/mol. The SMILES string of the molecule is CCCCN(c1ncccc1[C@H](C)N)C(C)CC. The number of nitrogens with zero attached hydrogens (tertiary/aromatic N) is 2. The molecule has 1 aromatic heterocycles. The van der Waals surface area contributed by atoms with Gasteiger partial charge in [0.15, 0.2) is 0 Å². The molecule has 0 aliphatic carbocycles. The molecule has 2 atom stereocenters. The van der Waals surface area contributed by atoms with Gasteiger partial charge in [0.25, 0.3) is 0 Å². The van der Waals surface area contributed by atoms with E-state index in [0.717, 1.165) is 24.3 Å². The summed E-state index contributed by atoms with van der Waals surface area (Å²) in [6.45, 7) is 9.78. The maximum Gasteiger partial charge on any atom is 0.133 e. The van der Waals surface area contributed by atoms with E-state index in [1.807, 2.05) is 19.2 Å². The summed E-state index contributed by atoms with van der Waals surface area (Å²) in [5.74, 6) is 1.07. The molecule has 102 valence electrons. The van der Waals surface area contributed by atoms with Crippen molar-refractivity contribution in [3.8, 4) is 0 Å². The van der Waals surface area contributed by atoms with Crippen LogP contribution in [0.4, 0.5) is 5.82 Å². The van der Waals surface area contributed by atoms with Gasteiger partial charge in [0.1, 0.15) is 5.82 Å². The van der Waals surface area contributed by atoms with Crippen molar-refractivity contribution in [2.24, 2.45) is 5.73 Å². The molecule has 0 bridgehead atoms. The van der Waals surface area contributed by atoms with Crippen molar-refractivity contribution in [1.29, 1.82) is 0 Å². The first-order valence-electron chi connectivity index (χ1n) is 7.08. The Morgan fingerprint density at radius 3 is 2.61 bits per heavy atom. The van der Waals surface area contributed by atoms with Crippen LogP contribution >= 0.6 is 0 Å². The van der Waals surface area contributed by atoms with Crippen molar-refractivity contribution < 1.29 is 0 Å². The molecule has 0 radical (unpaired) electrons. The lowest BCUT2D eigenvalue weighted by molar-refractivity contribution is 0.584. The summed E-state index contributed by atoms with van der Waals surface area (Å²) >= 11 is 0. The fourth-order valence-electron chi connectivity index (χ4n) is 2.09. The summed E-state index contributed by atoms with van der Waals surface area (Å²) in [5, 5.41) is 0. The second-order valence-corrected chi connectivity index (χ2v) is 5.01. The second kappa shape index (κ2) is 7.37. The molecule has 0 aromatic carbocycles. The number of anilines is 1. The third kappa shape index (κ3) is 3.70. The number of aromatic nitrogens is 1. The summed E-state index contributed by atoms with van der Waals surface area (Å²) in [6.07, 6.45) is 5.38. The number of unbranched alkanes of at least 4 members (excludes halogenated alkanes) is 1. The summed E-state index contributed by atoms with van der Waals surface area (Å²) in [5.41, 5.74) is 7.20. The van der Waals surface area contributed by atoms with Crippen molar-refractivity contribution >= 4 is 5.82 Å². The number of nitrogens with two attached hydrogens (primary N) is 1. The van der Waals surface area contributed by atoms with Crippen molar-refractivity contribution in [3.05, 3.63) is 23.9 Å². The quantitative estimate of drug-likeness (QED) is 0.804. The fraction of sp³-hybridized carbons (Fsp3) is 0.667. The summed E-state index contributed by atoms with van der Waals surface area (Å²) < 4.78 is 0. The van der Waals surface area contributed by atoms with Crippen LogP contribution in [0.15, 0.2) is 18.3 Å². The van der Waals surface area contributed by atoms with Crippen LogP contribution < -0.4 is 10.6 Å². The molecule has 1 rings (SSSR count). The van der Waals surface area contributed by atoms with E-state index in [1.54, 1.807) is 0 Å². The normalized spacial score (nSPS) is 14.3. The molecule has 0 aliphatic heterocycles. The van der Waals surface area contributed by atoms with Crippen molar-refractivity contribution in [2.75, 3.05) is 11.4 Å². The first-order chi connectivity index (χ1) is 8.61. The lowest BCUT2D eigenvalue weighted by atomic mass is 10.1. The molecular formula is C15H27N3. The van der Waals surface area contributed by atoms with Gasteiger partial charge in [0.05, 0.1) is 0 Å². The molecule has 0 saturated carbocycles. The molecule has 0 amide bonds. The predicted molar refractivity (Wildman–Crippen MR) is 78.8 cm³/mol. The highest BCUT2D eigenvalue weighted by Gasteiger charge is 2.18. The predicted octanol–water partition coefficient (Wildman–Crippen LogP) is 3.51. The first kappa shape index (κ1) is 15.0. The average Bonchev–Trinajstić information content (AvgIpc) is 2.39. The molecule has 1 unspecified atom stereocenters. The van der Waals surface area contributed by atoms with E-state index in [4.69, 9.17) is 5.73 Å². The molecule has 0 spiro atoms. The van der Waals surface area contributed by atoms with Crippen molar-refractivity contribution in [2.45, 2.75) is 59.0 Å². The van der Waals surface area contributed by atoms with Crippen LogP contribution in [-0.2, 0) is 0 Å². The number of rotatable bonds is 7. The molecule has 2 N–H and O–H groups in total. The standard InChI is InChI=1S/C15H27N3/c1-5-7-11-18(12(3)6-2)15-14(13(4)16)9-8-10-17-15/h8-10,12-13H,5-7,11,16H2,1-4H3/t12?,13-/m0/s1. The maximum absolute atomic E-state index is 6.06. The number of hydrogen-bond donors (Lipinski definition) is 1. The number of hydrogen-bond acceptors (Lipinski definition) is 3. The molecule has 0 fully saturated rings. The zero-order valence-electron chi connectivity index (χ0n) is 12.2. The summed E-state index contributed by atoms with van der Waals surface area (Å²) in [6, 6.07) is 4.59. The van der Waals surface area contributed by atoms with Gasteiger partial charge in [-0.15, -0.1) is 0 Å². The van der Waals surface area contributed by atoms with Crippen LogP contribution in [0.3, 0.4) is 0 Å². The molecule has 0 saturated heterocycles. The summed E-state index contributed by atoms with van der Waals surface area (Å²) in [4.78, 5) is 6.97. The third-order valence-electron chi connectivity index (χ3n) is 3.45. The molecule has 0 aliphatic rings. The third-order valence-corrected chi connectivity index (χ3v) is 3.45. The van der Waals surface area contributed by atoms with Gasteiger partial charge in [-0.05, 0) is 32.8 Å². The Labute approximate surface area is 111 Å². The zero-order chi connectivity index (χ0) is 13.5. The molecule has 18 heavy (non-hydrogen) atoms. The average molecular weight is 249 g/mol. The minimum atomic E-state index is 0.0295. The lowest BCUT2D eigenvalue weighted by Gasteiger charge is -2.32. The Kier molecular flexibility index (Phi) is 6.13. The lowest BCUT2D eigenvalue weighted by Crippen LogP contribution is -2.35. The van der Waals surface area contributed by atoms with Gasteiger partial charge in [-0.1, -0.05) is 26.3 Å². The van der Waals surface area contributed by atoms with Crippen LogP contribution in [0.2, 0.25) is 0 Å². The van der Waals surface area contributed by atoms with Crippen molar-refractivity contribution in [1.82, 2.24) is 4.98 Å². The second-order valence-electron chi connectivity index (χ2n) is 5.01. The maximum atomic E-state index is 6.06. The van der Waals surface area contributed by atoms with Crippen LogP contribution in [0.1, 0.15) is 58.6 Å². The van der Waals surface area contributed by atoms with Gasteiger partial charge in [0.2, 0.25) is 0 Å². The van der Waals surface area contributed by atoms with Crippen LogP contribution in [0.5, 0.6) is 0 Å². The topological polar surface area (TPSA) is 42.2 Å². The Morgan fingerprint density at radius 1 is 1.33 bits per heavy atom. The highest BCUT2D eigenvalue weighted by molar-refractivity contribution is 5.49. The first-order valence-corrected chi connectivity index (χ1v) is 7.08. The Balaban J connectivity index is 3.03. The van der Waals surface area contributed by atoms with E-state index < -0.39 is 0 Å². The van der Waals surface area contributed by atoms with Gasteiger partial charge in [-0.3, -0.25) is 0 Å². The van der Waals surface area contributed by atoms with E-state index >= 15 is 0 Å². The molecular weight excluding hydrogens is 222 g/mol. The van der Waals surface area contributed by atoms with Crippen LogP contribution in [0, 0.1) is 0 Å². The van der Waals surface area contributed by atoms with Gasteiger partial charge in [-0.25, -0.2) is 4.98 Å². The minimum Gasteiger partial charge on any atom is -0.354 e. The van der Waals surface area contributed by atoms with E-state index in [0.29, 0.717) is 6.04 Å². The van der Waals surface area contributed by atoms with E-state index in [2.05, 4.69) is 36.7 Å². The van der Waals surface area contributed by atoms with Crippen molar-refractivity contribution in [3.63, 3.8) is 0 Å². The molecule has 3 nitrogen and oxygen atoms in total. The van der Waals surface area contributed by atoms with Crippen LogP contribution in [-0.4, -0.2) is 17.6 Å². The van der Waals surface area contributed by atoms with E-state index in [-0.39, 0.29) is 6.04 Å². The van der Waals surface area contributed by atoms with Gasteiger partial charge < -0.3 is 10.6 Å². The highest BCUT2D eigenvalue weighted by atomic mass is 15.2. The van der Waals surface area contributed by atoms with Gasteiger partial charge in [-0.2, -0.15) is 0 Å². The summed E-state index contributed by atoms with van der Waals surface area (Å²) in [7, 11) is 0. The minimum absolute atomic E-state index is 0.0295. The molecule has 3 heteroatoms. The Morgan fingerprint density at radius 2 is 2.06 bits per heavy atom. The molecule has 1 heterocycles.